The predicted octanol–water partition coefficient (Wildman–Crippen LogP) is 3.72. The maximum Gasteiger partial charge on any atom is 0.230 e. The van der Waals surface area contributed by atoms with Crippen LogP contribution >= 0.6 is 0 Å². The minimum absolute atomic E-state index is 0.165. The molecule has 2 aromatic heterocycles. The molecule has 2 aromatic carbocycles. The number of ether oxygens (including phenoxy) is 2. The fraction of sp³-hybridized carbons (Fsp3) is 0.136. The Balaban J connectivity index is 1.37. The molecule has 8 heteroatoms. The highest BCUT2D eigenvalue weighted by molar-refractivity contribution is 6.01. The molecule has 4 aromatic rings. The number of halogens is 1. The van der Waals surface area contributed by atoms with E-state index in [0.29, 0.717) is 36.1 Å². The molecule has 0 atom stereocenters. The maximum absolute atomic E-state index is 13.5. The first-order valence-electron chi connectivity index (χ1n) is 9.43. The molecule has 2 N–H and O–H groups in total. The van der Waals surface area contributed by atoms with E-state index in [2.05, 4.69) is 20.5 Å². The molecule has 0 saturated heterocycles. The average molecular weight is 404 g/mol. The molecule has 0 spiro atoms. The summed E-state index contributed by atoms with van der Waals surface area (Å²) < 4.78 is 24.6. The summed E-state index contributed by atoms with van der Waals surface area (Å²) in [6.07, 6.45) is 2.91. The highest BCUT2D eigenvalue weighted by Crippen LogP contribution is 2.31. The zero-order chi connectivity index (χ0) is 20.5. The molecule has 0 aliphatic carbocycles. The number of fused-ring (bicyclic) bond motifs is 2. The fourth-order valence-corrected chi connectivity index (χ4v) is 3.42. The van der Waals surface area contributed by atoms with Crippen LogP contribution in [-0.4, -0.2) is 34.3 Å². The van der Waals surface area contributed by atoms with E-state index in [1.165, 1.54) is 6.07 Å². The first-order chi connectivity index (χ1) is 14.7. The summed E-state index contributed by atoms with van der Waals surface area (Å²) in [6, 6.07) is 12.4. The number of pyridine rings is 1. The van der Waals surface area contributed by atoms with Gasteiger partial charge in [0.1, 0.15) is 19.0 Å². The van der Waals surface area contributed by atoms with Gasteiger partial charge in [0.2, 0.25) is 5.91 Å². The van der Waals surface area contributed by atoms with Crippen LogP contribution in [0, 0.1) is 5.82 Å². The predicted molar refractivity (Wildman–Crippen MR) is 109 cm³/mol. The van der Waals surface area contributed by atoms with Crippen molar-refractivity contribution in [3.63, 3.8) is 0 Å². The molecule has 0 fully saturated rings. The largest absolute Gasteiger partial charge is 0.486 e. The number of nitrogens with one attached hydrogen (secondary N) is 2. The van der Waals surface area contributed by atoms with Crippen LogP contribution < -0.4 is 14.8 Å². The standard InChI is InChI=1S/C22H17FN4O3/c23-16-9-15(11-24-12-16)14-2-3-18-17(10-14)22(27-26-18)25-21(28)8-13-1-4-19-20(7-13)30-6-5-29-19/h1-4,7,9-12H,5-6,8H2,(H2,25,26,27,28). The normalized spacial score (nSPS) is 12.7. The molecule has 0 bridgehead atoms. The van der Waals surface area contributed by atoms with Gasteiger partial charge < -0.3 is 14.8 Å². The van der Waals surface area contributed by atoms with Crippen LogP contribution in [-0.2, 0) is 11.2 Å². The summed E-state index contributed by atoms with van der Waals surface area (Å²) in [6.45, 7) is 1.01. The number of rotatable bonds is 4. The SMILES string of the molecule is O=C(Cc1ccc2c(c1)OCCO2)Nc1n[nH]c2ccc(-c3cncc(F)c3)cc12. The Bertz CT molecular complexity index is 1250. The number of benzene rings is 2. The number of carbonyl (C=O) groups is 1. The van der Waals surface area contributed by atoms with E-state index >= 15 is 0 Å². The van der Waals surface area contributed by atoms with Gasteiger partial charge in [-0.15, -0.1) is 0 Å². The molecule has 150 valence electrons. The van der Waals surface area contributed by atoms with Crippen molar-refractivity contribution in [2.45, 2.75) is 6.42 Å². The van der Waals surface area contributed by atoms with E-state index in [1.807, 2.05) is 30.3 Å². The second-order valence-electron chi connectivity index (χ2n) is 6.93. The van der Waals surface area contributed by atoms with Crippen LogP contribution in [0.3, 0.4) is 0 Å². The summed E-state index contributed by atoms with van der Waals surface area (Å²) in [4.78, 5) is 16.5. The topological polar surface area (TPSA) is 89.1 Å². The van der Waals surface area contributed by atoms with E-state index in [-0.39, 0.29) is 12.3 Å². The lowest BCUT2D eigenvalue weighted by atomic mass is 10.1. The molecule has 30 heavy (non-hydrogen) atoms. The molecule has 1 aliphatic heterocycles. The highest BCUT2D eigenvalue weighted by Gasteiger charge is 2.15. The molecular weight excluding hydrogens is 387 g/mol. The Morgan fingerprint density at radius 2 is 1.90 bits per heavy atom. The van der Waals surface area contributed by atoms with Crippen molar-refractivity contribution >= 4 is 22.6 Å². The third kappa shape index (κ3) is 3.55. The Morgan fingerprint density at radius 3 is 2.77 bits per heavy atom. The third-order valence-corrected chi connectivity index (χ3v) is 4.83. The van der Waals surface area contributed by atoms with Crippen molar-refractivity contribution in [2.75, 3.05) is 18.5 Å². The van der Waals surface area contributed by atoms with E-state index in [4.69, 9.17) is 9.47 Å². The Hall–Kier alpha value is -3.94. The number of amides is 1. The molecule has 5 rings (SSSR count). The molecule has 1 aliphatic rings. The van der Waals surface area contributed by atoms with Crippen molar-refractivity contribution in [2.24, 2.45) is 0 Å². The molecule has 7 nitrogen and oxygen atoms in total. The van der Waals surface area contributed by atoms with Crippen LogP contribution in [0.25, 0.3) is 22.0 Å². The number of hydrogen-bond acceptors (Lipinski definition) is 5. The Kier molecular flexibility index (Phi) is 4.51. The van der Waals surface area contributed by atoms with Crippen LogP contribution in [0.5, 0.6) is 11.5 Å². The number of hydrogen-bond donors (Lipinski definition) is 2. The van der Waals surface area contributed by atoms with Gasteiger partial charge in [-0.3, -0.25) is 14.9 Å². The molecule has 0 radical (unpaired) electrons. The van der Waals surface area contributed by atoms with Gasteiger partial charge in [-0.1, -0.05) is 12.1 Å². The molecule has 3 heterocycles. The number of nitrogens with zero attached hydrogens (tertiary/aromatic N) is 2. The first-order valence-corrected chi connectivity index (χ1v) is 9.43. The minimum atomic E-state index is -0.409. The van der Waals surface area contributed by atoms with Gasteiger partial charge in [0.15, 0.2) is 17.3 Å². The summed E-state index contributed by atoms with van der Waals surface area (Å²) in [5.74, 6) is 1.12. The number of aromatic nitrogens is 3. The Labute approximate surface area is 170 Å². The lowest BCUT2D eigenvalue weighted by molar-refractivity contribution is -0.115. The van der Waals surface area contributed by atoms with Crippen LogP contribution in [0.1, 0.15) is 5.56 Å². The van der Waals surface area contributed by atoms with Crippen molar-refractivity contribution in [3.8, 4) is 22.6 Å². The van der Waals surface area contributed by atoms with Crippen molar-refractivity contribution in [1.82, 2.24) is 15.2 Å². The average Bonchev–Trinajstić information content (AvgIpc) is 3.15. The quantitative estimate of drug-likeness (QED) is 0.541. The van der Waals surface area contributed by atoms with Crippen LogP contribution in [0.15, 0.2) is 54.9 Å². The van der Waals surface area contributed by atoms with Crippen LogP contribution in [0.2, 0.25) is 0 Å². The van der Waals surface area contributed by atoms with E-state index < -0.39 is 5.82 Å². The zero-order valence-corrected chi connectivity index (χ0v) is 15.8. The van der Waals surface area contributed by atoms with Crippen molar-refractivity contribution in [1.29, 1.82) is 0 Å². The van der Waals surface area contributed by atoms with Gasteiger partial charge in [-0.05, 0) is 41.5 Å². The number of H-pyrrole nitrogens is 1. The minimum Gasteiger partial charge on any atom is -0.486 e. The fourth-order valence-electron chi connectivity index (χ4n) is 3.42. The van der Waals surface area contributed by atoms with Gasteiger partial charge in [0.05, 0.1) is 18.1 Å². The van der Waals surface area contributed by atoms with E-state index in [1.54, 1.807) is 12.3 Å². The number of anilines is 1. The summed E-state index contributed by atoms with van der Waals surface area (Å²) in [7, 11) is 0. The van der Waals surface area contributed by atoms with Gasteiger partial charge in [-0.2, -0.15) is 5.10 Å². The number of carbonyl (C=O) groups excluding carboxylic acids is 1. The lowest BCUT2D eigenvalue weighted by Crippen LogP contribution is -2.17. The summed E-state index contributed by atoms with van der Waals surface area (Å²) >= 11 is 0. The second-order valence-corrected chi connectivity index (χ2v) is 6.93. The first kappa shape index (κ1) is 18.1. The van der Waals surface area contributed by atoms with Crippen molar-refractivity contribution in [3.05, 3.63) is 66.2 Å². The molecule has 0 unspecified atom stereocenters. The van der Waals surface area contributed by atoms with Gasteiger partial charge in [0, 0.05) is 17.1 Å². The highest BCUT2D eigenvalue weighted by atomic mass is 19.1. The van der Waals surface area contributed by atoms with E-state index in [9.17, 15) is 9.18 Å². The van der Waals surface area contributed by atoms with Crippen LogP contribution in [0.4, 0.5) is 10.2 Å². The lowest BCUT2D eigenvalue weighted by Gasteiger charge is -2.18. The van der Waals surface area contributed by atoms with Gasteiger partial charge in [-0.25, -0.2) is 4.39 Å². The van der Waals surface area contributed by atoms with Crippen molar-refractivity contribution < 1.29 is 18.7 Å². The second kappa shape index (κ2) is 7.47. The molecular formula is C22H17FN4O3. The Morgan fingerprint density at radius 1 is 1.03 bits per heavy atom. The monoisotopic (exact) mass is 404 g/mol. The third-order valence-electron chi connectivity index (χ3n) is 4.83. The zero-order valence-electron chi connectivity index (χ0n) is 15.8. The molecule has 0 saturated carbocycles. The maximum atomic E-state index is 13.5. The van der Waals surface area contributed by atoms with Gasteiger partial charge in [0.25, 0.3) is 0 Å². The molecule has 1 amide bonds. The summed E-state index contributed by atoms with van der Waals surface area (Å²) in [5, 5.41) is 10.7. The smallest absolute Gasteiger partial charge is 0.230 e. The van der Waals surface area contributed by atoms with Gasteiger partial charge >= 0.3 is 0 Å². The van der Waals surface area contributed by atoms with E-state index in [0.717, 1.165) is 28.2 Å². The number of aromatic amines is 1. The summed E-state index contributed by atoms with van der Waals surface area (Å²) in [5.41, 5.74) is 2.99.